The highest BCUT2D eigenvalue weighted by molar-refractivity contribution is 6.11. The third-order valence-electron chi connectivity index (χ3n) is 6.36. The molecule has 0 radical (unpaired) electrons. The van der Waals surface area contributed by atoms with Crippen molar-refractivity contribution in [1.82, 2.24) is 4.98 Å². The Morgan fingerprint density at radius 1 is 0.543 bits per heavy atom. The Hall–Kier alpha value is -4.56. The van der Waals surface area contributed by atoms with E-state index < -0.39 is 0 Å². The predicted molar refractivity (Wildman–Crippen MR) is 145 cm³/mol. The molecule has 166 valence electrons. The second-order valence-corrected chi connectivity index (χ2v) is 8.58. The van der Waals surface area contributed by atoms with Gasteiger partial charge in [-0.25, -0.2) is 9.37 Å². The average Bonchev–Trinajstić information content (AvgIpc) is 2.92. The minimum absolute atomic E-state index is 0.233. The molecular formula is C33H22FN. The van der Waals surface area contributed by atoms with Crippen LogP contribution in [-0.4, -0.2) is 4.98 Å². The number of fused-ring (bicyclic) bond motifs is 3. The van der Waals surface area contributed by atoms with E-state index in [1.807, 2.05) is 48.6 Å². The van der Waals surface area contributed by atoms with E-state index in [0.717, 1.165) is 38.5 Å². The second-order valence-electron chi connectivity index (χ2n) is 8.58. The Labute approximate surface area is 203 Å². The number of pyridine rings is 1. The van der Waals surface area contributed by atoms with Crippen molar-refractivity contribution < 1.29 is 4.39 Å². The molecule has 0 aliphatic heterocycles. The van der Waals surface area contributed by atoms with E-state index in [-0.39, 0.29) is 5.82 Å². The summed E-state index contributed by atoms with van der Waals surface area (Å²) in [5.74, 6) is -0.233. The van der Waals surface area contributed by atoms with Crippen LogP contribution in [0.4, 0.5) is 4.39 Å². The molecule has 0 amide bonds. The predicted octanol–water partition coefficient (Wildman–Crippen LogP) is 9.03. The quantitative estimate of drug-likeness (QED) is 0.244. The monoisotopic (exact) mass is 451 g/mol. The van der Waals surface area contributed by atoms with Crippen LogP contribution < -0.4 is 0 Å². The van der Waals surface area contributed by atoms with Gasteiger partial charge in [0.2, 0.25) is 0 Å². The fourth-order valence-corrected chi connectivity index (χ4v) is 4.57. The normalized spacial score (nSPS) is 11.5. The summed E-state index contributed by atoms with van der Waals surface area (Å²) in [6.45, 7) is 0. The third kappa shape index (κ3) is 4.11. The van der Waals surface area contributed by atoms with Crippen LogP contribution in [0.15, 0.2) is 121 Å². The van der Waals surface area contributed by atoms with Gasteiger partial charge in [-0.3, -0.25) is 0 Å². The lowest BCUT2D eigenvalue weighted by atomic mass is 9.97. The molecule has 0 spiro atoms. The van der Waals surface area contributed by atoms with Crippen molar-refractivity contribution in [3.05, 3.63) is 138 Å². The molecule has 1 heterocycles. The Bertz CT molecular complexity index is 1680. The second kappa shape index (κ2) is 9.00. The summed E-state index contributed by atoms with van der Waals surface area (Å²) in [4.78, 5) is 5.02. The first-order chi connectivity index (χ1) is 17.3. The van der Waals surface area contributed by atoms with Crippen molar-refractivity contribution in [2.24, 2.45) is 0 Å². The Morgan fingerprint density at radius 3 is 2.03 bits per heavy atom. The van der Waals surface area contributed by atoms with E-state index >= 15 is 0 Å². The summed E-state index contributed by atoms with van der Waals surface area (Å²) in [6, 6.07) is 40.3. The lowest BCUT2D eigenvalue weighted by Gasteiger charge is -2.11. The maximum atomic E-state index is 14.3. The van der Waals surface area contributed by atoms with E-state index in [9.17, 15) is 4.39 Å². The number of nitrogens with zero attached hydrogens (tertiary/aromatic N) is 1. The molecule has 1 aromatic heterocycles. The standard InChI is InChI=1S/C33H22FN/c34-30-13-7-5-11-26(30)16-19-28-22-32(27-17-14-24(15-18-27)23-8-2-1-3-9-23)35-31-21-20-25-10-4-6-12-29(25)33(28)31/h1-22H/b19-16+. The fraction of sp³-hybridized carbons (Fsp3) is 0. The molecule has 0 aliphatic rings. The highest BCUT2D eigenvalue weighted by atomic mass is 19.1. The molecule has 0 saturated heterocycles. The molecule has 0 fully saturated rings. The van der Waals surface area contributed by atoms with Crippen LogP contribution >= 0.6 is 0 Å². The van der Waals surface area contributed by atoms with Gasteiger partial charge in [0.15, 0.2) is 0 Å². The summed E-state index contributed by atoms with van der Waals surface area (Å²) in [7, 11) is 0. The SMILES string of the molecule is Fc1ccccc1/C=C/c1cc(-c2ccc(-c3ccccc3)cc2)nc2ccc3ccccc3c12. The molecule has 0 atom stereocenters. The zero-order chi connectivity index (χ0) is 23.6. The molecule has 5 aromatic carbocycles. The van der Waals surface area contributed by atoms with Crippen molar-refractivity contribution in [2.75, 3.05) is 0 Å². The number of hydrogen-bond donors (Lipinski definition) is 0. The number of hydrogen-bond acceptors (Lipinski definition) is 1. The van der Waals surface area contributed by atoms with Crippen molar-refractivity contribution in [1.29, 1.82) is 0 Å². The van der Waals surface area contributed by atoms with Gasteiger partial charge < -0.3 is 0 Å². The van der Waals surface area contributed by atoms with Crippen molar-refractivity contribution >= 4 is 33.8 Å². The fourth-order valence-electron chi connectivity index (χ4n) is 4.57. The van der Waals surface area contributed by atoms with Crippen LogP contribution in [0.5, 0.6) is 0 Å². The van der Waals surface area contributed by atoms with Crippen LogP contribution in [0.3, 0.4) is 0 Å². The van der Waals surface area contributed by atoms with Crippen LogP contribution in [0.2, 0.25) is 0 Å². The topological polar surface area (TPSA) is 12.9 Å². The Morgan fingerprint density at radius 2 is 1.20 bits per heavy atom. The van der Waals surface area contributed by atoms with Crippen LogP contribution in [0.25, 0.3) is 56.2 Å². The number of benzene rings is 5. The van der Waals surface area contributed by atoms with Crippen LogP contribution in [-0.2, 0) is 0 Å². The van der Waals surface area contributed by atoms with E-state index in [4.69, 9.17) is 4.98 Å². The Balaban J connectivity index is 1.51. The average molecular weight is 452 g/mol. The summed E-state index contributed by atoms with van der Waals surface area (Å²) in [6.07, 6.45) is 3.84. The summed E-state index contributed by atoms with van der Waals surface area (Å²) in [5.41, 5.74) is 6.78. The summed E-state index contributed by atoms with van der Waals surface area (Å²) < 4.78 is 14.3. The molecule has 0 N–H and O–H groups in total. The molecule has 1 nitrogen and oxygen atoms in total. The van der Waals surface area contributed by atoms with Crippen molar-refractivity contribution in [3.8, 4) is 22.4 Å². The highest BCUT2D eigenvalue weighted by Crippen LogP contribution is 2.33. The molecule has 6 rings (SSSR count). The first-order valence-corrected chi connectivity index (χ1v) is 11.7. The smallest absolute Gasteiger partial charge is 0.130 e. The maximum absolute atomic E-state index is 14.3. The lowest BCUT2D eigenvalue weighted by Crippen LogP contribution is -1.91. The minimum Gasteiger partial charge on any atom is -0.248 e. The van der Waals surface area contributed by atoms with Crippen molar-refractivity contribution in [2.45, 2.75) is 0 Å². The van der Waals surface area contributed by atoms with Gasteiger partial charge in [0.1, 0.15) is 5.82 Å². The van der Waals surface area contributed by atoms with Gasteiger partial charge in [-0.15, -0.1) is 0 Å². The van der Waals surface area contributed by atoms with Crippen molar-refractivity contribution in [3.63, 3.8) is 0 Å². The summed E-state index contributed by atoms with van der Waals surface area (Å²) >= 11 is 0. The van der Waals surface area contributed by atoms with Gasteiger partial charge in [0.25, 0.3) is 0 Å². The zero-order valence-electron chi connectivity index (χ0n) is 19.0. The molecule has 0 saturated carbocycles. The van der Waals surface area contributed by atoms with Crippen LogP contribution in [0.1, 0.15) is 11.1 Å². The van der Waals surface area contributed by atoms with Gasteiger partial charge in [-0.05, 0) is 45.7 Å². The number of halogens is 1. The molecule has 0 bridgehead atoms. The summed E-state index contributed by atoms with van der Waals surface area (Å²) in [5, 5.41) is 3.36. The molecule has 6 aromatic rings. The van der Waals surface area contributed by atoms with E-state index in [1.165, 1.54) is 17.2 Å². The maximum Gasteiger partial charge on any atom is 0.130 e. The molecule has 35 heavy (non-hydrogen) atoms. The van der Waals surface area contributed by atoms with E-state index in [1.54, 1.807) is 12.1 Å². The molecular weight excluding hydrogens is 429 g/mol. The van der Waals surface area contributed by atoms with Gasteiger partial charge in [0, 0.05) is 16.5 Å². The van der Waals surface area contributed by atoms with E-state index in [2.05, 4.69) is 66.7 Å². The lowest BCUT2D eigenvalue weighted by molar-refractivity contribution is 0.625. The zero-order valence-corrected chi connectivity index (χ0v) is 19.0. The third-order valence-corrected chi connectivity index (χ3v) is 6.36. The minimum atomic E-state index is -0.233. The van der Waals surface area contributed by atoms with Gasteiger partial charge in [-0.2, -0.15) is 0 Å². The number of rotatable bonds is 4. The van der Waals surface area contributed by atoms with Crippen LogP contribution in [0, 0.1) is 5.82 Å². The van der Waals surface area contributed by atoms with Gasteiger partial charge in [0.05, 0.1) is 11.2 Å². The van der Waals surface area contributed by atoms with Gasteiger partial charge in [-0.1, -0.05) is 115 Å². The largest absolute Gasteiger partial charge is 0.248 e. The van der Waals surface area contributed by atoms with E-state index in [0.29, 0.717) is 5.56 Å². The first-order valence-electron chi connectivity index (χ1n) is 11.7. The Kier molecular flexibility index (Phi) is 5.40. The molecule has 2 heteroatoms. The van der Waals surface area contributed by atoms with Gasteiger partial charge >= 0.3 is 0 Å². The molecule has 0 aliphatic carbocycles. The first kappa shape index (κ1) is 21.0. The highest BCUT2D eigenvalue weighted by Gasteiger charge is 2.10. The molecule has 0 unspecified atom stereocenters. The number of aromatic nitrogens is 1.